The van der Waals surface area contributed by atoms with Gasteiger partial charge in [0.05, 0.1) is 13.1 Å². The molecule has 0 unspecified atom stereocenters. The highest BCUT2D eigenvalue weighted by molar-refractivity contribution is 5.80. The van der Waals surface area contributed by atoms with Gasteiger partial charge in [-0.3, -0.25) is 4.79 Å². The Morgan fingerprint density at radius 1 is 1.11 bits per heavy atom. The fourth-order valence-electron chi connectivity index (χ4n) is 4.81. The first-order valence-electron chi connectivity index (χ1n) is 7.14. The van der Waals surface area contributed by atoms with Crippen molar-refractivity contribution in [2.24, 2.45) is 17.8 Å². The summed E-state index contributed by atoms with van der Waals surface area (Å²) < 4.78 is 0. The fourth-order valence-corrected chi connectivity index (χ4v) is 4.81. The van der Waals surface area contributed by atoms with Crippen LogP contribution in [0, 0.1) is 17.8 Å². The van der Waals surface area contributed by atoms with E-state index < -0.39 is 0 Å². The Morgan fingerprint density at radius 3 is 2.17 bits per heavy atom. The molecule has 4 rings (SSSR count). The van der Waals surface area contributed by atoms with Gasteiger partial charge in [0, 0.05) is 5.54 Å². The van der Waals surface area contributed by atoms with E-state index in [1.165, 1.54) is 38.5 Å². The predicted octanol–water partition coefficient (Wildman–Crippen LogP) is 0.860. The fraction of sp³-hybridized carbons (Fsp3) is 0.857. The minimum atomic E-state index is -0.0576. The molecule has 4 fully saturated rings. The molecule has 4 aliphatic rings. The Hall–Kier alpha value is -0.900. The molecule has 0 aromatic rings. The molecule has 2 N–H and O–H groups in total. The number of carbonyl (C=O) groups is 2. The molecule has 4 nitrogen and oxygen atoms in total. The molecule has 100 valence electrons. The van der Waals surface area contributed by atoms with Crippen molar-refractivity contribution >= 4 is 12.2 Å². The van der Waals surface area contributed by atoms with Gasteiger partial charge in [0.2, 0.25) is 5.91 Å². The van der Waals surface area contributed by atoms with Crippen molar-refractivity contribution in [1.82, 2.24) is 10.6 Å². The lowest BCUT2D eigenvalue weighted by atomic mass is 9.53. The molecule has 4 bridgehead atoms. The summed E-state index contributed by atoms with van der Waals surface area (Å²) in [5.74, 6) is 2.61. The van der Waals surface area contributed by atoms with Crippen LogP contribution in [-0.2, 0) is 9.59 Å². The summed E-state index contributed by atoms with van der Waals surface area (Å²) in [6, 6.07) is 0. The third-order valence-corrected chi connectivity index (χ3v) is 5.04. The van der Waals surface area contributed by atoms with E-state index in [1.807, 2.05) is 0 Å². The molecule has 0 saturated heterocycles. The molecule has 0 aromatic heterocycles. The van der Waals surface area contributed by atoms with E-state index in [0.717, 1.165) is 24.0 Å². The van der Waals surface area contributed by atoms with Gasteiger partial charge in [0.1, 0.15) is 6.29 Å². The van der Waals surface area contributed by atoms with Crippen LogP contribution in [0.15, 0.2) is 0 Å². The van der Waals surface area contributed by atoms with Crippen LogP contribution < -0.4 is 10.6 Å². The molecule has 0 spiro atoms. The van der Waals surface area contributed by atoms with Gasteiger partial charge in [0.25, 0.3) is 0 Å². The SMILES string of the molecule is O=CCNC(=O)CNC12CC3CC(CC(C3)C1)C2. The Labute approximate surface area is 108 Å². The van der Waals surface area contributed by atoms with Crippen molar-refractivity contribution in [3.05, 3.63) is 0 Å². The van der Waals surface area contributed by atoms with Crippen LogP contribution in [0.5, 0.6) is 0 Å². The topological polar surface area (TPSA) is 58.2 Å². The number of hydrogen-bond acceptors (Lipinski definition) is 3. The van der Waals surface area contributed by atoms with Crippen molar-refractivity contribution in [3.8, 4) is 0 Å². The number of amides is 1. The van der Waals surface area contributed by atoms with Crippen LogP contribution in [0.4, 0.5) is 0 Å². The number of rotatable bonds is 5. The van der Waals surface area contributed by atoms with Crippen molar-refractivity contribution in [2.45, 2.75) is 44.1 Å². The highest BCUT2D eigenvalue weighted by Crippen LogP contribution is 2.55. The first-order chi connectivity index (χ1) is 8.69. The molecule has 0 heterocycles. The molecule has 0 aliphatic heterocycles. The van der Waals surface area contributed by atoms with Crippen molar-refractivity contribution in [2.75, 3.05) is 13.1 Å². The van der Waals surface area contributed by atoms with Crippen LogP contribution in [0.2, 0.25) is 0 Å². The van der Waals surface area contributed by atoms with Crippen LogP contribution in [0.1, 0.15) is 38.5 Å². The maximum Gasteiger partial charge on any atom is 0.234 e. The molecule has 1 amide bonds. The van der Waals surface area contributed by atoms with Crippen LogP contribution in [0.25, 0.3) is 0 Å². The highest BCUT2D eigenvalue weighted by Gasteiger charge is 2.50. The summed E-state index contributed by atoms with van der Waals surface area (Å²) >= 11 is 0. The summed E-state index contributed by atoms with van der Waals surface area (Å²) in [7, 11) is 0. The molecular weight excluding hydrogens is 228 g/mol. The van der Waals surface area contributed by atoms with Crippen molar-refractivity contribution in [1.29, 1.82) is 0 Å². The monoisotopic (exact) mass is 250 g/mol. The molecule has 4 saturated carbocycles. The Morgan fingerprint density at radius 2 is 1.67 bits per heavy atom. The van der Waals surface area contributed by atoms with Crippen LogP contribution >= 0.6 is 0 Å². The summed E-state index contributed by atoms with van der Waals surface area (Å²) in [4.78, 5) is 21.8. The van der Waals surface area contributed by atoms with Crippen molar-refractivity contribution < 1.29 is 9.59 Å². The van der Waals surface area contributed by atoms with E-state index in [0.29, 0.717) is 6.54 Å². The zero-order chi connectivity index (χ0) is 12.6. The minimum absolute atomic E-state index is 0.0576. The Bertz CT molecular complexity index is 318. The molecule has 0 aromatic carbocycles. The maximum absolute atomic E-state index is 11.6. The largest absolute Gasteiger partial charge is 0.348 e. The third-order valence-electron chi connectivity index (χ3n) is 5.04. The smallest absolute Gasteiger partial charge is 0.234 e. The first kappa shape index (κ1) is 12.2. The number of nitrogens with one attached hydrogen (secondary N) is 2. The maximum atomic E-state index is 11.6. The zero-order valence-corrected chi connectivity index (χ0v) is 10.8. The second kappa shape index (κ2) is 4.65. The highest BCUT2D eigenvalue weighted by atomic mass is 16.2. The number of carbonyl (C=O) groups excluding carboxylic acids is 2. The standard InChI is InChI=1S/C14H22N2O2/c17-2-1-15-13(18)9-16-14-6-10-3-11(7-14)5-12(4-10)8-14/h2,10-12,16H,1,3-9H2,(H,15,18). The quantitative estimate of drug-likeness (QED) is 0.712. The molecule has 4 heteroatoms. The van der Waals surface area contributed by atoms with E-state index in [9.17, 15) is 9.59 Å². The molecule has 4 aliphatic carbocycles. The lowest BCUT2D eigenvalue weighted by molar-refractivity contribution is -0.122. The first-order valence-corrected chi connectivity index (χ1v) is 7.14. The predicted molar refractivity (Wildman–Crippen MR) is 68.0 cm³/mol. The van der Waals surface area contributed by atoms with Gasteiger partial charge < -0.3 is 15.4 Å². The van der Waals surface area contributed by atoms with Gasteiger partial charge in [-0.1, -0.05) is 0 Å². The van der Waals surface area contributed by atoms with E-state index in [4.69, 9.17) is 0 Å². The van der Waals surface area contributed by atoms with Gasteiger partial charge >= 0.3 is 0 Å². The zero-order valence-electron chi connectivity index (χ0n) is 10.8. The molecular formula is C14H22N2O2. The van der Waals surface area contributed by atoms with E-state index in [1.54, 1.807) is 0 Å². The average molecular weight is 250 g/mol. The van der Waals surface area contributed by atoms with Crippen LogP contribution in [-0.4, -0.2) is 30.8 Å². The van der Waals surface area contributed by atoms with Gasteiger partial charge in [-0.15, -0.1) is 0 Å². The summed E-state index contributed by atoms with van der Waals surface area (Å²) in [6.07, 6.45) is 8.72. The van der Waals surface area contributed by atoms with Gasteiger partial charge in [-0.2, -0.15) is 0 Å². The minimum Gasteiger partial charge on any atom is -0.348 e. The molecule has 18 heavy (non-hydrogen) atoms. The lowest BCUT2D eigenvalue weighted by Gasteiger charge is -2.57. The summed E-state index contributed by atoms with van der Waals surface area (Å²) in [5.41, 5.74) is 0.229. The molecule has 0 radical (unpaired) electrons. The second-order valence-corrected chi connectivity index (χ2v) is 6.52. The number of aldehydes is 1. The van der Waals surface area contributed by atoms with E-state index in [-0.39, 0.29) is 18.0 Å². The van der Waals surface area contributed by atoms with E-state index >= 15 is 0 Å². The lowest BCUT2D eigenvalue weighted by Crippen LogP contribution is -2.59. The van der Waals surface area contributed by atoms with Crippen molar-refractivity contribution in [3.63, 3.8) is 0 Å². The normalized spacial score (nSPS) is 40.8. The summed E-state index contributed by atoms with van der Waals surface area (Å²) in [6.45, 7) is 0.487. The summed E-state index contributed by atoms with van der Waals surface area (Å²) in [5, 5.41) is 6.10. The van der Waals surface area contributed by atoms with Gasteiger partial charge in [-0.25, -0.2) is 0 Å². The van der Waals surface area contributed by atoms with E-state index in [2.05, 4.69) is 10.6 Å². The number of hydrogen-bond donors (Lipinski definition) is 2. The van der Waals surface area contributed by atoms with Gasteiger partial charge in [-0.05, 0) is 56.3 Å². The van der Waals surface area contributed by atoms with Gasteiger partial charge in [0.15, 0.2) is 0 Å². The Kier molecular flexibility index (Phi) is 3.14. The van der Waals surface area contributed by atoms with Crippen LogP contribution in [0.3, 0.4) is 0 Å². The third kappa shape index (κ3) is 2.30. The molecule has 0 atom stereocenters. The second-order valence-electron chi connectivity index (χ2n) is 6.52. The Balaban J connectivity index is 1.56. The average Bonchev–Trinajstić information content (AvgIpc) is 2.32.